The van der Waals surface area contributed by atoms with E-state index in [0.29, 0.717) is 15.6 Å². The zero-order chi connectivity index (χ0) is 24.9. The molecule has 1 aromatic heterocycles. The molecule has 0 fully saturated rings. The number of hydrogen-bond acceptors (Lipinski definition) is 4. The summed E-state index contributed by atoms with van der Waals surface area (Å²) in [6, 6.07) is 25.5. The Bertz CT molecular complexity index is 1400. The molecule has 0 saturated heterocycles. The van der Waals surface area contributed by atoms with Crippen LogP contribution in [0.5, 0.6) is 0 Å². The van der Waals surface area contributed by atoms with E-state index in [1.807, 2.05) is 81.4 Å². The summed E-state index contributed by atoms with van der Waals surface area (Å²) in [5.41, 5.74) is 7.76. The summed E-state index contributed by atoms with van der Waals surface area (Å²) in [7, 11) is 0. The smallest absolute Gasteiger partial charge is 0.234 e. The van der Waals surface area contributed by atoms with Crippen LogP contribution in [0, 0.1) is 32.1 Å². The number of benzene rings is 3. The van der Waals surface area contributed by atoms with Crippen LogP contribution in [-0.4, -0.2) is 16.6 Å². The van der Waals surface area contributed by atoms with Gasteiger partial charge in [-0.15, -0.1) is 0 Å². The van der Waals surface area contributed by atoms with Gasteiger partial charge in [0.05, 0.1) is 17.0 Å². The molecule has 0 aliphatic carbocycles. The number of aryl methyl sites for hydroxylation is 3. The molecule has 6 heteroatoms. The summed E-state index contributed by atoms with van der Waals surface area (Å²) in [6.45, 7) is 6.01. The first-order valence-electron chi connectivity index (χ1n) is 11.1. The van der Waals surface area contributed by atoms with Gasteiger partial charge in [0.1, 0.15) is 11.1 Å². The normalized spacial score (nSPS) is 10.6. The molecule has 0 atom stereocenters. The second-order valence-corrected chi connectivity index (χ2v) is 9.73. The van der Waals surface area contributed by atoms with Crippen molar-refractivity contribution in [3.05, 3.63) is 100 Å². The van der Waals surface area contributed by atoms with Crippen LogP contribution in [0.4, 0.5) is 5.69 Å². The summed E-state index contributed by atoms with van der Waals surface area (Å²) in [5, 5.41) is 14.2. The van der Waals surface area contributed by atoms with Gasteiger partial charge in [-0.2, -0.15) is 5.26 Å². The molecule has 1 amide bonds. The molecular formula is C29H24ClN3OS. The fraction of sp³-hybridized carbons (Fsp3) is 0.138. The van der Waals surface area contributed by atoms with Gasteiger partial charge in [-0.3, -0.25) is 4.79 Å². The minimum Gasteiger partial charge on any atom is -0.325 e. The lowest BCUT2D eigenvalue weighted by Gasteiger charge is -2.14. The highest BCUT2D eigenvalue weighted by molar-refractivity contribution is 8.00. The Morgan fingerprint density at radius 2 is 1.63 bits per heavy atom. The quantitative estimate of drug-likeness (QED) is 0.278. The molecule has 0 spiro atoms. The minimum atomic E-state index is -0.145. The fourth-order valence-corrected chi connectivity index (χ4v) is 4.96. The highest BCUT2D eigenvalue weighted by Gasteiger charge is 2.18. The molecule has 0 bridgehead atoms. The van der Waals surface area contributed by atoms with Crippen LogP contribution >= 0.6 is 23.4 Å². The number of aromatic nitrogens is 1. The van der Waals surface area contributed by atoms with Crippen molar-refractivity contribution in [1.82, 2.24) is 4.98 Å². The van der Waals surface area contributed by atoms with Crippen molar-refractivity contribution < 1.29 is 4.79 Å². The molecule has 0 aliphatic rings. The van der Waals surface area contributed by atoms with E-state index < -0.39 is 0 Å². The van der Waals surface area contributed by atoms with Crippen LogP contribution in [0.25, 0.3) is 22.4 Å². The predicted molar refractivity (Wildman–Crippen MR) is 145 cm³/mol. The van der Waals surface area contributed by atoms with E-state index in [0.717, 1.165) is 44.8 Å². The molecule has 0 aliphatic heterocycles. The van der Waals surface area contributed by atoms with E-state index >= 15 is 0 Å². The van der Waals surface area contributed by atoms with Gasteiger partial charge in [-0.1, -0.05) is 83.5 Å². The maximum atomic E-state index is 12.9. The fourth-order valence-electron chi connectivity index (χ4n) is 4.03. The Morgan fingerprint density at radius 1 is 0.971 bits per heavy atom. The van der Waals surface area contributed by atoms with E-state index in [4.69, 9.17) is 16.6 Å². The summed E-state index contributed by atoms with van der Waals surface area (Å²) in [5.74, 6) is -0.0129. The molecule has 1 N–H and O–H groups in total. The third kappa shape index (κ3) is 5.74. The number of thioether (sulfide) groups is 1. The number of rotatable bonds is 6. The molecule has 4 nitrogen and oxygen atoms in total. The number of nitrogens with one attached hydrogen (secondary N) is 1. The van der Waals surface area contributed by atoms with Gasteiger partial charge < -0.3 is 5.32 Å². The van der Waals surface area contributed by atoms with Gasteiger partial charge in [-0.05, 0) is 55.7 Å². The van der Waals surface area contributed by atoms with Gasteiger partial charge in [0.15, 0.2) is 0 Å². The number of carbonyl (C=O) groups excluding carboxylic acids is 1. The van der Waals surface area contributed by atoms with E-state index in [1.54, 1.807) is 12.1 Å². The first-order chi connectivity index (χ1) is 16.9. The molecule has 174 valence electrons. The van der Waals surface area contributed by atoms with Gasteiger partial charge in [-0.25, -0.2) is 4.98 Å². The molecule has 35 heavy (non-hydrogen) atoms. The highest BCUT2D eigenvalue weighted by Crippen LogP contribution is 2.35. The lowest BCUT2D eigenvalue weighted by molar-refractivity contribution is -0.113. The SMILES string of the molecule is Cc1cc(C)c(NC(=O)CSc2nc(-c3ccccc3)cc(-c3ccc(Cl)cc3)c2C#N)c(C)c1. The van der Waals surface area contributed by atoms with Crippen molar-refractivity contribution in [2.24, 2.45) is 0 Å². The molecule has 4 rings (SSSR count). The molecule has 0 saturated carbocycles. The molecule has 0 unspecified atom stereocenters. The summed E-state index contributed by atoms with van der Waals surface area (Å²) in [4.78, 5) is 17.6. The second-order valence-electron chi connectivity index (χ2n) is 8.33. The number of nitriles is 1. The van der Waals surface area contributed by atoms with Crippen LogP contribution in [0.15, 0.2) is 77.8 Å². The summed E-state index contributed by atoms with van der Waals surface area (Å²) in [6.07, 6.45) is 0. The van der Waals surface area contributed by atoms with Crippen molar-refractivity contribution in [2.45, 2.75) is 25.8 Å². The average Bonchev–Trinajstić information content (AvgIpc) is 2.85. The Hall–Kier alpha value is -3.59. The first-order valence-corrected chi connectivity index (χ1v) is 12.5. The Labute approximate surface area is 215 Å². The predicted octanol–water partition coefficient (Wildman–Crippen LogP) is 7.60. The van der Waals surface area contributed by atoms with Crippen molar-refractivity contribution in [2.75, 3.05) is 11.1 Å². The van der Waals surface area contributed by atoms with E-state index in [-0.39, 0.29) is 11.7 Å². The number of halogens is 1. The molecule has 4 aromatic rings. The lowest BCUT2D eigenvalue weighted by Crippen LogP contribution is -2.16. The highest BCUT2D eigenvalue weighted by atomic mass is 35.5. The largest absolute Gasteiger partial charge is 0.325 e. The van der Waals surface area contributed by atoms with Crippen LogP contribution in [0.3, 0.4) is 0 Å². The van der Waals surface area contributed by atoms with Crippen molar-refractivity contribution in [1.29, 1.82) is 5.26 Å². The van der Waals surface area contributed by atoms with Crippen molar-refractivity contribution >= 4 is 35.0 Å². The number of hydrogen-bond donors (Lipinski definition) is 1. The number of pyridine rings is 1. The molecular weight excluding hydrogens is 474 g/mol. The Morgan fingerprint density at radius 3 is 2.26 bits per heavy atom. The standard InChI is InChI=1S/C29H24ClN3OS/c1-18-13-19(2)28(20(3)14-18)33-27(34)17-35-29-25(16-31)24(21-9-11-23(30)12-10-21)15-26(32-29)22-7-5-4-6-8-22/h4-15H,17H2,1-3H3,(H,33,34). The topological polar surface area (TPSA) is 65.8 Å². The zero-order valence-electron chi connectivity index (χ0n) is 19.7. The van der Waals surface area contributed by atoms with Gasteiger partial charge in [0.25, 0.3) is 0 Å². The second kappa shape index (κ2) is 10.8. The number of anilines is 1. The van der Waals surface area contributed by atoms with Crippen LogP contribution in [0.2, 0.25) is 5.02 Å². The first kappa shape index (κ1) is 24.5. The van der Waals surface area contributed by atoms with Crippen LogP contribution < -0.4 is 5.32 Å². The van der Waals surface area contributed by atoms with Crippen molar-refractivity contribution in [3.63, 3.8) is 0 Å². The van der Waals surface area contributed by atoms with Gasteiger partial charge >= 0.3 is 0 Å². The third-order valence-corrected chi connectivity index (χ3v) is 6.83. The van der Waals surface area contributed by atoms with Crippen LogP contribution in [-0.2, 0) is 4.79 Å². The van der Waals surface area contributed by atoms with Gasteiger partial charge in [0.2, 0.25) is 5.91 Å². The third-order valence-electron chi connectivity index (χ3n) is 5.60. The molecule has 1 heterocycles. The molecule has 3 aromatic carbocycles. The average molecular weight is 498 g/mol. The Kier molecular flexibility index (Phi) is 7.55. The maximum Gasteiger partial charge on any atom is 0.234 e. The van der Waals surface area contributed by atoms with E-state index in [2.05, 4.69) is 11.4 Å². The van der Waals surface area contributed by atoms with E-state index in [9.17, 15) is 10.1 Å². The van der Waals surface area contributed by atoms with Gasteiger partial charge in [0, 0.05) is 21.8 Å². The maximum absolute atomic E-state index is 12.9. The lowest BCUT2D eigenvalue weighted by atomic mass is 9.99. The number of carbonyl (C=O) groups is 1. The summed E-state index contributed by atoms with van der Waals surface area (Å²) >= 11 is 7.35. The number of nitrogens with zero attached hydrogens (tertiary/aromatic N) is 2. The monoisotopic (exact) mass is 497 g/mol. The Balaban J connectivity index is 1.68. The minimum absolute atomic E-state index is 0.132. The van der Waals surface area contributed by atoms with Crippen LogP contribution in [0.1, 0.15) is 22.3 Å². The summed E-state index contributed by atoms with van der Waals surface area (Å²) < 4.78 is 0. The number of amides is 1. The van der Waals surface area contributed by atoms with E-state index in [1.165, 1.54) is 11.8 Å². The van der Waals surface area contributed by atoms with Crippen molar-refractivity contribution in [3.8, 4) is 28.5 Å². The zero-order valence-corrected chi connectivity index (χ0v) is 21.3. The molecule has 0 radical (unpaired) electrons.